The highest BCUT2D eigenvalue weighted by atomic mass is 16.5. The molecule has 0 spiro atoms. The minimum absolute atomic E-state index is 0.226. The summed E-state index contributed by atoms with van der Waals surface area (Å²) in [6.45, 7) is 0. The first-order valence-electron chi connectivity index (χ1n) is 4.08. The van der Waals surface area contributed by atoms with Gasteiger partial charge in [-0.3, -0.25) is 9.59 Å². The van der Waals surface area contributed by atoms with E-state index in [1.807, 2.05) is 0 Å². The maximum Gasteiger partial charge on any atom is 0.251 e. The predicted octanol–water partition coefficient (Wildman–Crippen LogP) is 0.867. The van der Waals surface area contributed by atoms with Gasteiger partial charge in [-0.1, -0.05) is 0 Å². The molecule has 1 rings (SSSR count). The first kappa shape index (κ1) is 10.2. The second-order valence-electron chi connectivity index (χ2n) is 2.65. The van der Waals surface area contributed by atoms with Crippen molar-refractivity contribution in [1.82, 2.24) is 5.32 Å². The number of nitrogens with one attached hydrogen (secondary N) is 1. The number of benzene rings is 1. The summed E-state index contributed by atoms with van der Waals surface area (Å²) in [5.41, 5.74) is 0.809. The summed E-state index contributed by atoms with van der Waals surface area (Å²) in [5.74, 6) is 0.239. The summed E-state index contributed by atoms with van der Waals surface area (Å²) >= 11 is 0. The number of carbonyl (C=O) groups excluding carboxylic acids is 2. The van der Waals surface area contributed by atoms with Crippen LogP contribution in [0.15, 0.2) is 18.2 Å². The van der Waals surface area contributed by atoms with E-state index >= 15 is 0 Å². The minimum atomic E-state index is -0.226. The van der Waals surface area contributed by atoms with Crippen LogP contribution in [0.2, 0.25) is 0 Å². The lowest BCUT2D eigenvalue weighted by Gasteiger charge is -2.05. The third-order valence-electron chi connectivity index (χ3n) is 1.85. The van der Waals surface area contributed by atoms with E-state index in [4.69, 9.17) is 4.74 Å². The molecule has 0 atom stereocenters. The summed E-state index contributed by atoms with van der Waals surface area (Å²) in [5, 5.41) is 2.47. The summed E-state index contributed by atoms with van der Waals surface area (Å²) in [6.07, 6.45) is 0.658. The fraction of sp³-hybridized carbons (Fsp3) is 0.200. The van der Waals surface area contributed by atoms with E-state index in [0.717, 1.165) is 0 Å². The third kappa shape index (κ3) is 1.90. The van der Waals surface area contributed by atoms with Crippen molar-refractivity contribution in [3.05, 3.63) is 29.3 Å². The van der Waals surface area contributed by atoms with Gasteiger partial charge in [-0.2, -0.15) is 0 Å². The van der Waals surface area contributed by atoms with Crippen molar-refractivity contribution >= 4 is 12.2 Å². The number of methoxy groups -OCH3 is 1. The lowest BCUT2D eigenvalue weighted by atomic mass is 10.1. The Labute approximate surface area is 81.9 Å². The highest BCUT2D eigenvalue weighted by molar-refractivity contribution is 5.96. The molecule has 0 heterocycles. The number of aldehydes is 1. The van der Waals surface area contributed by atoms with Gasteiger partial charge in [-0.25, -0.2) is 0 Å². The Morgan fingerprint density at radius 2 is 2.21 bits per heavy atom. The Bertz CT molecular complexity index is 360. The van der Waals surface area contributed by atoms with Crippen LogP contribution in [-0.4, -0.2) is 26.4 Å². The molecule has 4 heteroatoms. The van der Waals surface area contributed by atoms with Crippen LogP contribution in [-0.2, 0) is 0 Å². The van der Waals surface area contributed by atoms with Crippen LogP contribution < -0.4 is 10.1 Å². The lowest BCUT2D eigenvalue weighted by molar-refractivity contribution is 0.0963. The first-order chi connectivity index (χ1) is 6.72. The normalized spacial score (nSPS) is 9.29. The standard InChI is InChI=1S/C10H11NO3/c1-11-10(13)7-3-4-9(14-2)8(5-7)6-12/h3-6H,1-2H3,(H,11,13). The maximum absolute atomic E-state index is 11.2. The third-order valence-corrected chi connectivity index (χ3v) is 1.85. The smallest absolute Gasteiger partial charge is 0.251 e. The zero-order valence-corrected chi connectivity index (χ0v) is 8.03. The van der Waals surface area contributed by atoms with E-state index in [0.29, 0.717) is 23.2 Å². The van der Waals surface area contributed by atoms with Gasteiger partial charge in [0.25, 0.3) is 5.91 Å². The van der Waals surface area contributed by atoms with Crippen LogP contribution in [0.25, 0.3) is 0 Å². The van der Waals surface area contributed by atoms with Crippen LogP contribution in [0.4, 0.5) is 0 Å². The monoisotopic (exact) mass is 193 g/mol. The van der Waals surface area contributed by atoms with Crippen molar-refractivity contribution in [1.29, 1.82) is 0 Å². The Balaban J connectivity index is 3.13. The van der Waals surface area contributed by atoms with Crippen LogP contribution >= 0.6 is 0 Å². The van der Waals surface area contributed by atoms with E-state index in [-0.39, 0.29) is 5.91 Å². The van der Waals surface area contributed by atoms with Crippen LogP contribution in [0.5, 0.6) is 5.75 Å². The number of carbonyl (C=O) groups is 2. The molecule has 0 unspecified atom stereocenters. The van der Waals surface area contributed by atoms with Crippen molar-refractivity contribution in [3.8, 4) is 5.75 Å². The molecule has 0 bridgehead atoms. The van der Waals surface area contributed by atoms with E-state index in [1.54, 1.807) is 12.1 Å². The number of hydrogen-bond acceptors (Lipinski definition) is 3. The van der Waals surface area contributed by atoms with Gasteiger partial charge in [0.2, 0.25) is 0 Å². The summed E-state index contributed by atoms with van der Waals surface area (Å²) in [6, 6.07) is 4.68. The van der Waals surface area contributed by atoms with Gasteiger partial charge >= 0.3 is 0 Å². The van der Waals surface area contributed by atoms with Crippen LogP contribution in [0.1, 0.15) is 20.7 Å². The van der Waals surface area contributed by atoms with Gasteiger partial charge < -0.3 is 10.1 Å². The van der Waals surface area contributed by atoms with Crippen molar-refractivity contribution in [2.45, 2.75) is 0 Å². The average Bonchev–Trinajstić information content (AvgIpc) is 2.26. The number of ether oxygens (including phenoxy) is 1. The highest BCUT2D eigenvalue weighted by Crippen LogP contribution is 2.17. The zero-order chi connectivity index (χ0) is 10.6. The predicted molar refractivity (Wildman–Crippen MR) is 51.8 cm³/mol. The minimum Gasteiger partial charge on any atom is -0.496 e. The molecular formula is C10H11NO3. The fourth-order valence-electron chi connectivity index (χ4n) is 1.11. The van der Waals surface area contributed by atoms with Gasteiger partial charge in [0, 0.05) is 12.6 Å². The Hall–Kier alpha value is -1.84. The summed E-state index contributed by atoms with van der Waals surface area (Å²) < 4.78 is 4.94. The Kier molecular flexibility index (Phi) is 3.23. The van der Waals surface area contributed by atoms with E-state index < -0.39 is 0 Å². The number of amides is 1. The molecular weight excluding hydrogens is 182 g/mol. The maximum atomic E-state index is 11.2. The molecule has 1 amide bonds. The van der Waals surface area contributed by atoms with Crippen molar-refractivity contribution in [2.75, 3.05) is 14.2 Å². The molecule has 0 aliphatic rings. The largest absolute Gasteiger partial charge is 0.496 e. The van der Waals surface area contributed by atoms with E-state index in [2.05, 4.69) is 5.32 Å². The molecule has 14 heavy (non-hydrogen) atoms. The highest BCUT2D eigenvalue weighted by Gasteiger charge is 2.07. The fourth-order valence-corrected chi connectivity index (χ4v) is 1.11. The molecule has 0 fully saturated rings. The number of rotatable bonds is 3. The second-order valence-corrected chi connectivity index (χ2v) is 2.65. The zero-order valence-electron chi connectivity index (χ0n) is 8.03. The molecule has 0 radical (unpaired) electrons. The number of hydrogen-bond donors (Lipinski definition) is 1. The molecule has 0 aliphatic heterocycles. The Morgan fingerprint density at radius 3 is 2.71 bits per heavy atom. The molecule has 0 saturated carbocycles. The van der Waals surface area contributed by atoms with Gasteiger partial charge in [-0.05, 0) is 18.2 Å². The molecule has 74 valence electrons. The molecule has 4 nitrogen and oxygen atoms in total. The second kappa shape index (κ2) is 4.41. The molecule has 1 aromatic carbocycles. The molecule has 0 saturated heterocycles. The first-order valence-corrected chi connectivity index (χ1v) is 4.08. The molecule has 0 aliphatic carbocycles. The van der Waals surface area contributed by atoms with Gasteiger partial charge in [0.05, 0.1) is 12.7 Å². The van der Waals surface area contributed by atoms with Crippen molar-refractivity contribution in [2.24, 2.45) is 0 Å². The summed E-state index contributed by atoms with van der Waals surface area (Å²) in [7, 11) is 3.01. The van der Waals surface area contributed by atoms with Crippen LogP contribution in [0.3, 0.4) is 0 Å². The van der Waals surface area contributed by atoms with Crippen molar-refractivity contribution < 1.29 is 14.3 Å². The molecule has 1 aromatic rings. The quantitative estimate of drug-likeness (QED) is 0.724. The lowest BCUT2D eigenvalue weighted by Crippen LogP contribution is -2.17. The van der Waals surface area contributed by atoms with E-state index in [1.165, 1.54) is 20.2 Å². The van der Waals surface area contributed by atoms with Gasteiger partial charge in [0.15, 0.2) is 6.29 Å². The topological polar surface area (TPSA) is 55.4 Å². The Morgan fingerprint density at radius 1 is 1.50 bits per heavy atom. The van der Waals surface area contributed by atoms with E-state index in [9.17, 15) is 9.59 Å². The SMILES string of the molecule is CNC(=O)c1ccc(OC)c(C=O)c1. The average molecular weight is 193 g/mol. The molecule has 1 N–H and O–H groups in total. The van der Waals surface area contributed by atoms with Gasteiger partial charge in [0.1, 0.15) is 5.75 Å². The van der Waals surface area contributed by atoms with Crippen LogP contribution in [0, 0.1) is 0 Å². The van der Waals surface area contributed by atoms with Gasteiger partial charge in [-0.15, -0.1) is 0 Å². The van der Waals surface area contributed by atoms with Crippen molar-refractivity contribution in [3.63, 3.8) is 0 Å². The molecule has 0 aromatic heterocycles. The summed E-state index contributed by atoms with van der Waals surface area (Å²) in [4.78, 5) is 21.9.